The summed E-state index contributed by atoms with van der Waals surface area (Å²) in [5.74, 6) is 0.0296. The first-order valence-corrected chi connectivity index (χ1v) is 11.6. The van der Waals surface area contributed by atoms with Crippen molar-refractivity contribution in [1.29, 1.82) is 0 Å². The molecule has 3 aromatic rings. The smallest absolute Gasteiger partial charge is 0.243 e. The van der Waals surface area contributed by atoms with Crippen LogP contribution in [0.25, 0.3) is 0 Å². The Kier molecular flexibility index (Phi) is 6.79. The Hall–Kier alpha value is -2.55. The van der Waals surface area contributed by atoms with Crippen molar-refractivity contribution in [2.24, 2.45) is 0 Å². The molecule has 152 valence electrons. The van der Waals surface area contributed by atoms with Crippen LogP contribution in [0.4, 0.5) is 5.69 Å². The van der Waals surface area contributed by atoms with E-state index in [1.54, 1.807) is 60.3 Å². The Balaban J connectivity index is 1.80. The minimum Gasteiger partial charge on any atom is -0.468 e. The van der Waals surface area contributed by atoms with E-state index in [4.69, 9.17) is 4.42 Å². The minimum absolute atomic E-state index is 0.0396. The number of nitrogens with one attached hydrogen (secondary N) is 1. The van der Waals surface area contributed by atoms with Crippen molar-refractivity contribution in [2.45, 2.75) is 23.3 Å². The van der Waals surface area contributed by atoms with Gasteiger partial charge < -0.3 is 9.73 Å². The first kappa shape index (κ1) is 21.2. The minimum atomic E-state index is -3.88. The molecule has 0 saturated heterocycles. The summed E-state index contributed by atoms with van der Waals surface area (Å²) in [6.45, 7) is 1.51. The van der Waals surface area contributed by atoms with Gasteiger partial charge in [-0.1, -0.05) is 17.7 Å². The predicted octanol–water partition coefficient (Wildman–Crippen LogP) is 4.14. The van der Waals surface area contributed by atoms with Gasteiger partial charge in [0.2, 0.25) is 15.9 Å². The van der Waals surface area contributed by atoms with Gasteiger partial charge in [-0.15, -0.1) is 11.8 Å². The quantitative estimate of drug-likeness (QED) is 0.544. The van der Waals surface area contributed by atoms with E-state index in [0.717, 1.165) is 14.8 Å². The highest BCUT2D eigenvalue weighted by Gasteiger charge is 2.27. The molecule has 6 nitrogen and oxygen atoms in total. The summed E-state index contributed by atoms with van der Waals surface area (Å²) in [5, 5.41) is 2.75. The topological polar surface area (TPSA) is 79.6 Å². The van der Waals surface area contributed by atoms with Crippen LogP contribution in [-0.4, -0.2) is 31.4 Å². The molecule has 0 aliphatic heterocycles. The summed E-state index contributed by atoms with van der Waals surface area (Å²) in [6, 6.07) is 17.3. The molecular weight excluding hydrogens is 408 g/mol. The van der Waals surface area contributed by atoms with Gasteiger partial charge in [0.05, 0.1) is 24.2 Å². The van der Waals surface area contributed by atoms with E-state index in [9.17, 15) is 13.2 Å². The first-order chi connectivity index (χ1) is 13.9. The van der Waals surface area contributed by atoms with Crippen molar-refractivity contribution >= 4 is 33.4 Å². The van der Waals surface area contributed by atoms with E-state index < -0.39 is 15.9 Å². The molecule has 8 heteroatoms. The summed E-state index contributed by atoms with van der Waals surface area (Å²) < 4.78 is 32.7. The van der Waals surface area contributed by atoms with Gasteiger partial charge in [-0.25, -0.2) is 8.42 Å². The van der Waals surface area contributed by atoms with Crippen LogP contribution in [-0.2, 0) is 21.4 Å². The number of nitrogens with zero attached hydrogens (tertiary/aromatic N) is 1. The Morgan fingerprint density at radius 2 is 1.76 bits per heavy atom. The molecule has 29 heavy (non-hydrogen) atoms. The van der Waals surface area contributed by atoms with Gasteiger partial charge >= 0.3 is 0 Å². The molecule has 0 bridgehead atoms. The number of aryl methyl sites for hydroxylation is 1. The van der Waals surface area contributed by atoms with E-state index in [-0.39, 0.29) is 18.0 Å². The fourth-order valence-electron chi connectivity index (χ4n) is 2.70. The molecule has 1 N–H and O–H groups in total. The largest absolute Gasteiger partial charge is 0.468 e. The Morgan fingerprint density at radius 3 is 2.34 bits per heavy atom. The van der Waals surface area contributed by atoms with E-state index in [2.05, 4.69) is 5.32 Å². The standard InChI is InChI=1S/C21H22N2O4S2/c1-16-5-11-20(12-6-16)29(25,26)23(14-18-4-3-13-27-18)15-21(24)22-17-7-9-19(28-2)10-8-17/h3-13H,14-15H2,1-2H3,(H,22,24). The lowest BCUT2D eigenvalue weighted by Crippen LogP contribution is -2.37. The number of rotatable bonds is 8. The molecule has 0 atom stereocenters. The zero-order valence-corrected chi connectivity index (χ0v) is 17.8. The Bertz CT molecular complexity index is 1050. The zero-order valence-electron chi connectivity index (χ0n) is 16.2. The maximum Gasteiger partial charge on any atom is 0.243 e. The molecule has 0 radical (unpaired) electrons. The van der Waals surface area contributed by atoms with Gasteiger partial charge in [0.1, 0.15) is 5.76 Å². The number of furan rings is 1. The third-order valence-electron chi connectivity index (χ3n) is 4.26. The monoisotopic (exact) mass is 430 g/mol. The van der Waals surface area contributed by atoms with Crippen LogP contribution in [0.3, 0.4) is 0 Å². The molecular formula is C21H22N2O4S2. The number of hydrogen-bond donors (Lipinski definition) is 1. The van der Waals surface area contributed by atoms with E-state index in [1.807, 2.05) is 25.3 Å². The molecule has 0 aliphatic carbocycles. The summed E-state index contributed by atoms with van der Waals surface area (Å²) in [6.07, 6.45) is 3.44. The fourth-order valence-corrected chi connectivity index (χ4v) is 4.47. The van der Waals surface area contributed by atoms with Crippen LogP contribution < -0.4 is 5.32 Å². The lowest BCUT2D eigenvalue weighted by Gasteiger charge is -2.21. The van der Waals surface area contributed by atoms with Crippen molar-refractivity contribution in [3.63, 3.8) is 0 Å². The number of anilines is 1. The van der Waals surface area contributed by atoms with Crippen molar-refractivity contribution in [2.75, 3.05) is 18.1 Å². The first-order valence-electron chi connectivity index (χ1n) is 8.91. The van der Waals surface area contributed by atoms with Gasteiger partial charge in [-0.2, -0.15) is 4.31 Å². The van der Waals surface area contributed by atoms with Crippen LogP contribution in [0.15, 0.2) is 81.1 Å². The van der Waals surface area contributed by atoms with Gasteiger partial charge in [0.25, 0.3) is 0 Å². The van der Waals surface area contributed by atoms with Gasteiger partial charge in [0, 0.05) is 10.6 Å². The molecule has 0 fully saturated rings. The van der Waals surface area contributed by atoms with Crippen LogP contribution in [0.1, 0.15) is 11.3 Å². The second-order valence-corrected chi connectivity index (χ2v) is 9.26. The van der Waals surface area contributed by atoms with Crippen LogP contribution in [0.2, 0.25) is 0 Å². The zero-order chi connectivity index (χ0) is 20.9. The average molecular weight is 431 g/mol. The number of carbonyl (C=O) groups is 1. The number of thioether (sulfide) groups is 1. The molecule has 1 aromatic heterocycles. The van der Waals surface area contributed by atoms with Crippen molar-refractivity contribution in [3.8, 4) is 0 Å². The molecule has 0 spiro atoms. The maximum absolute atomic E-state index is 13.1. The highest BCUT2D eigenvalue weighted by molar-refractivity contribution is 7.98. The van der Waals surface area contributed by atoms with Gasteiger partial charge in [0.15, 0.2) is 0 Å². The molecule has 0 saturated carbocycles. The van der Waals surface area contributed by atoms with E-state index in [1.165, 1.54) is 6.26 Å². The van der Waals surface area contributed by atoms with E-state index >= 15 is 0 Å². The lowest BCUT2D eigenvalue weighted by atomic mass is 10.2. The van der Waals surface area contributed by atoms with Crippen LogP contribution in [0.5, 0.6) is 0 Å². The predicted molar refractivity (Wildman–Crippen MR) is 114 cm³/mol. The summed E-state index contributed by atoms with van der Waals surface area (Å²) >= 11 is 1.60. The second-order valence-electron chi connectivity index (χ2n) is 6.44. The number of amides is 1. The molecule has 2 aromatic carbocycles. The number of benzene rings is 2. The highest BCUT2D eigenvalue weighted by Crippen LogP contribution is 2.20. The third kappa shape index (κ3) is 5.50. The van der Waals surface area contributed by atoms with Gasteiger partial charge in [-0.3, -0.25) is 4.79 Å². The highest BCUT2D eigenvalue weighted by atomic mass is 32.2. The Morgan fingerprint density at radius 1 is 1.07 bits per heavy atom. The second kappa shape index (κ2) is 9.30. The summed E-state index contributed by atoms with van der Waals surface area (Å²) in [5.41, 5.74) is 1.56. The molecule has 0 unspecified atom stereocenters. The fraction of sp³-hybridized carbons (Fsp3) is 0.190. The number of sulfonamides is 1. The summed E-state index contributed by atoms with van der Waals surface area (Å²) in [7, 11) is -3.88. The number of hydrogen-bond acceptors (Lipinski definition) is 5. The third-order valence-corrected chi connectivity index (χ3v) is 6.81. The molecule has 1 heterocycles. The van der Waals surface area contributed by atoms with Crippen molar-refractivity contribution < 1.29 is 17.6 Å². The van der Waals surface area contributed by atoms with Crippen LogP contribution in [0, 0.1) is 6.92 Å². The Labute approximate surface area is 175 Å². The van der Waals surface area contributed by atoms with Gasteiger partial charge in [-0.05, 0) is 61.7 Å². The molecule has 3 rings (SSSR count). The maximum atomic E-state index is 13.1. The average Bonchev–Trinajstić information content (AvgIpc) is 3.21. The summed E-state index contributed by atoms with van der Waals surface area (Å²) in [4.78, 5) is 13.8. The van der Waals surface area contributed by atoms with E-state index in [0.29, 0.717) is 11.4 Å². The molecule has 1 amide bonds. The SMILES string of the molecule is CSc1ccc(NC(=O)CN(Cc2ccco2)S(=O)(=O)c2ccc(C)cc2)cc1. The lowest BCUT2D eigenvalue weighted by molar-refractivity contribution is -0.116. The normalized spacial score (nSPS) is 11.6. The molecule has 0 aliphatic rings. The number of carbonyl (C=O) groups excluding carboxylic acids is 1. The van der Waals surface area contributed by atoms with Crippen molar-refractivity contribution in [3.05, 3.63) is 78.3 Å². The van der Waals surface area contributed by atoms with Crippen LogP contribution >= 0.6 is 11.8 Å². The van der Waals surface area contributed by atoms with Crippen molar-refractivity contribution in [1.82, 2.24) is 4.31 Å².